The lowest BCUT2D eigenvalue weighted by Gasteiger charge is -2.19. The fourth-order valence-corrected chi connectivity index (χ4v) is 3.44. The van der Waals surface area contributed by atoms with Crippen LogP contribution in [0, 0.1) is 0 Å². The van der Waals surface area contributed by atoms with Crippen molar-refractivity contribution in [2.45, 2.75) is 13.0 Å². The lowest BCUT2D eigenvalue weighted by atomic mass is 9.91. The van der Waals surface area contributed by atoms with E-state index in [1.807, 2.05) is 4.57 Å². The van der Waals surface area contributed by atoms with Crippen LogP contribution < -0.4 is 17.0 Å². The number of nitrogens with zero attached hydrogens (tertiary/aromatic N) is 1. The second-order valence-electron chi connectivity index (χ2n) is 5.93. The van der Waals surface area contributed by atoms with Crippen LogP contribution in [0.4, 0.5) is 0 Å². The van der Waals surface area contributed by atoms with E-state index in [-0.39, 0.29) is 35.4 Å². The molecule has 0 spiro atoms. The molecule has 2 heterocycles. The first-order valence-corrected chi connectivity index (χ1v) is 7.60. The highest BCUT2D eigenvalue weighted by Gasteiger charge is 2.29. The Labute approximate surface area is 150 Å². The highest BCUT2D eigenvalue weighted by Crippen LogP contribution is 2.41. The van der Waals surface area contributed by atoms with Gasteiger partial charge in [-0.05, 0) is 29.8 Å². The monoisotopic (exact) mass is 357 g/mol. The molecule has 128 valence electrons. The van der Waals surface area contributed by atoms with Crippen molar-refractivity contribution in [3.05, 3.63) is 48.2 Å². The van der Waals surface area contributed by atoms with Gasteiger partial charge in [-0.3, -0.25) is 0 Å². The summed E-state index contributed by atoms with van der Waals surface area (Å²) in [6.07, 6.45) is 4.17. The Bertz CT molecular complexity index is 1030. The van der Waals surface area contributed by atoms with E-state index >= 15 is 0 Å². The van der Waals surface area contributed by atoms with Gasteiger partial charge in [-0.1, -0.05) is 12.7 Å². The molecule has 0 fully saturated rings. The van der Waals surface area contributed by atoms with Gasteiger partial charge in [-0.2, -0.15) is 4.57 Å². The molecule has 0 amide bonds. The molecule has 2 aromatic carbocycles. The van der Waals surface area contributed by atoms with E-state index in [9.17, 15) is 20.4 Å². The van der Waals surface area contributed by atoms with Gasteiger partial charge in [0.1, 0.15) is 0 Å². The van der Waals surface area contributed by atoms with Crippen LogP contribution in [0.5, 0.6) is 23.0 Å². The third-order valence-corrected chi connectivity index (χ3v) is 4.59. The van der Waals surface area contributed by atoms with Gasteiger partial charge in [0.2, 0.25) is 5.69 Å². The molecule has 4 rings (SSSR count). The molecule has 4 N–H and O–H groups in total. The van der Waals surface area contributed by atoms with E-state index in [2.05, 4.69) is 6.58 Å². The Kier molecular flexibility index (Phi) is 3.97. The predicted octanol–water partition coefficient (Wildman–Crippen LogP) is -0.180. The van der Waals surface area contributed by atoms with Crippen LogP contribution in [-0.2, 0) is 13.0 Å². The van der Waals surface area contributed by atoms with Crippen LogP contribution in [0.25, 0.3) is 28.1 Å². The number of aromatic hydroxyl groups is 4. The molecule has 0 aliphatic carbocycles. The van der Waals surface area contributed by atoms with Crippen molar-refractivity contribution in [1.29, 1.82) is 0 Å². The minimum Gasteiger partial charge on any atom is -1.00 e. The average molecular weight is 358 g/mol. The van der Waals surface area contributed by atoms with Crippen molar-refractivity contribution in [2.75, 3.05) is 0 Å². The summed E-state index contributed by atoms with van der Waals surface area (Å²) in [5.74, 6) is -0.640. The topological polar surface area (TPSA) is 84.8 Å². The molecule has 0 radical (unpaired) electrons. The second kappa shape index (κ2) is 5.86. The highest BCUT2D eigenvalue weighted by atomic mass is 35.5. The number of benzene rings is 2. The second-order valence-corrected chi connectivity index (χ2v) is 5.93. The molecule has 0 unspecified atom stereocenters. The molecule has 1 aromatic heterocycles. The summed E-state index contributed by atoms with van der Waals surface area (Å²) in [6.45, 7) is 4.54. The fourth-order valence-electron chi connectivity index (χ4n) is 3.44. The third kappa shape index (κ3) is 2.36. The summed E-state index contributed by atoms with van der Waals surface area (Å²) in [5, 5.41) is 40.9. The first kappa shape index (κ1) is 16.9. The predicted molar refractivity (Wildman–Crippen MR) is 90.0 cm³/mol. The van der Waals surface area contributed by atoms with Crippen LogP contribution in [-0.4, -0.2) is 20.4 Å². The van der Waals surface area contributed by atoms with Crippen molar-refractivity contribution in [2.24, 2.45) is 0 Å². The Hall–Kier alpha value is -2.92. The highest BCUT2D eigenvalue weighted by molar-refractivity contribution is 5.98. The summed E-state index contributed by atoms with van der Waals surface area (Å²) in [7, 11) is 0. The SMILES string of the molecule is C=Cc1c2[n+](cc3c(O)c(O)ccc13)CCc1cc(O)c(O)cc1-2.[Cl-]. The van der Waals surface area contributed by atoms with Gasteiger partial charge < -0.3 is 32.8 Å². The largest absolute Gasteiger partial charge is 1.00 e. The zero-order chi connectivity index (χ0) is 17.0. The number of phenolic OH excluding ortho intramolecular Hbond substituents is 4. The molecular weight excluding hydrogens is 342 g/mol. The van der Waals surface area contributed by atoms with Gasteiger partial charge in [-0.15, -0.1) is 0 Å². The van der Waals surface area contributed by atoms with Crippen molar-refractivity contribution in [1.82, 2.24) is 0 Å². The van der Waals surface area contributed by atoms with Crippen molar-refractivity contribution >= 4 is 16.8 Å². The Morgan fingerprint density at radius 3 is 2.40 bits per heavy atom. The molecule has 1 aliphatic heterocycles. The Balaban J connectivity index is 0.00000182. The Morgan fingerprint density at radius 2 is 1.68 bits per heavy atom. The van der Waals surface area contributed by atoms with Gasteiger partial charge >= 0.3 is 0 Å². The van der Waals surface area contributed by atoms with Gasteiger partial charge in [0.15, 0.2) is 35.7 Å². The number of phenols is 4. The minimum atomic E-state index is -0.175. The summed E-state index contributed by atoms with van der Waals surface area (Å²) in [5.41, 5.74) is 3.42. The van der Waals surface area contributed by atoms with Crippen LogP contribution in [0.3, 0.4) is 0 Å². The molecule has 3 aromatic rings. The number of aromatic nitrogens is 1. The summed E-state index contributed by atoms with van der Waals surface area (Å²) >= 11 is 0. The first-order valence-electron chi connectivity index (χ1n) is 7.60. The molecule has 0 atom stereocenters. The maximum atomic E-state index is 10.2. The number of pyridine rings is 1. The lowest BCUT2D eigenvalue weighted by Crippen LogP contribution is -3.00. The summed E-state index contributed by atoms with van der Waals surface area (Å²) in [6, 6.07) is 6.31. The molecule has 25 heavy (non-hydrogen) atoms. The summed E-state index contributed by atoms with van der Waals surface area (Å²) in [4.78, 5) is 0. The molecule has 6 heteroatoms. The molecule has 0 saturated heterocycles. The number of hydrogen-bond acceptors (Lipinski definition) is 4. The third-order valence-electron chi connectivity index (χ3n) is 4.59. The number of fused-ring (bicyclic) bond motifs is 4. The van der Waals surface area contributed by atoms with Crippen LogP contribution >= 0.6 is 0 Å². The molecule has 5 nitrogen and oxygen atoms in total. The normalized spacial score (nSPS) is 12.2. The quantitative estimate of drug-likeness (QED) is 0.359. The standard InChI is InChI=1S/C19H15NO4.ClH/c1-2-11-12-3-4-15(21)19(24)14(12)9-20-6-5-10-7-16(22)17(23)8-13(10)18(11)20;/h2-4,7-9H,1,5-6H2,(H3,21,22,23,24);1H. The maximum absolute atomic E-state index is 10.2. The van der Waals surface area contributed by atoms with E-state index in [1.54, 1.807) is 30.5 Å². The lowest BCUT2D eigenvalue weighted by molar-refractivity contribution is -0.686. The van der Waals surface area contributed by atoms with Crippen LogP contribution in [0.15, 0.2) is 37.0 Å². The number of halogens is 1. The molecule has 0 saturated carbocycles. The van der Waals surface area contributed by atoms with Crippen LogP contribution in [0.1, 0.15) is 11.1 Å². The van der Waals surface area contributed by atoms with E-state index in [0.29, 0.717) is 18.4 Å². The minimum absolute atomic E-state index is 0. The van der Waals surface area contributed by atoms with E-state index < -0.39 is 0 Å². The summed E-state index contributed by atoms with van der Waals surface area (Å²) < 4.78 is 1.97. The van der Waals surface area contributed by atoms with E-state index in [1.165, 1.54) is 6.07 Å². The van der Waals surface area contributed by atoms with Gasteiger partial charge in [0, 0.05) is 11.8 Å². The van der Waals surface area contributed by atoms with Gasteiger partial charge in [0.05, 0.1) is 16.5 Å². The van der Waals surface area contributed by atoms with E-state index in [4.69, 9.17) is 0 Å². The van der Waals surface area contributed by atoms with Crippen LogP contribution in [0.2, 0.25) is 0 Å². The van der Waals surface area contributed by atoms with Crippen molar-refractivity contribution < 1.29 is 37.4 Å². The number of rotatable bonds is 1. The first-order chi connectivity index (χ1) is 11.5. The fraction of sp³-hybridized carbons (Fsp3) is 0.105. The molecular formula is C19H16ClNO4. The number of aryl methyl sites for hydroxylation is 2. The zero-order valence-electron chi connectivity index (χ0n) is 13.2. The average Bonchev–Trinajstić information content (AvgIpc) is 2.57. The molecule has 1 aliphatic rings. The van der Waals surface area contributed by atoms with Gasteiger partial charge in [0.25, 0.3) is 0 Å². The number of hydrogen-bond donors (Lipinski definition) is 4. The zero-order valence-corrected chi connectivity index (χ0v) is 14.0. The van der Waals surface area contributed by atoms with Crippen molar-refractivity contribution in [3.63, 3.8) is 0 Å². The smallest absolute Gasteiger partial charge is 0.220 e. The van der Waals surface area contributed by atoms with Gasteiger partial charge in [-0.25, -0.2) is 0 Å². The Morgan fingerprint density at radius 1 is 0.960 bits per heavy atom. The maximum Gasteiger partial charge on any atom is 0.220 e. The molecule has 0 bridgehead atoms. The van der Waals surface area contributed by atoms with Crippen molar-refractivity contribution in [3.8, 4) is 34.3 Å². The van der Waals surface area contributed by atoms with E-state index in [0.717, 1.165) is 27.8 Å².